The molecule has 0 atom stereocenters. The summed E-state index contributed by atoms with van der Waals surface area (Å²) in [5, 5.41) is 7.53. The average molecular weight is 351 g/mol. The maximum absolute atomic E-state index is 12.6. The van der Waals surface area contributed by atoms with Crippen LogP contribution in [-0.2, 0) is 13.0 Å². The second-order valence-electron chi connectivity index (χ2n) is 5.86. The number of aryl methyl sites for hydroxylation is 1. The lowest BCUT2D eigenvalue weighted by molar-refractivity contribution is 0.0946. The van der Waals surface area contributed by atoms with Gasteiger partial charge in [0.2, 0.25) is 5.43 Å². The molecule has 0 fully saturated rings. The Kier molecular flexibility index (Phi) is 5.31. The summed E-state index contributed by atoms with van der Waals surface area (Å²) in [4.78, 5) is 25.1. The number of methoxy groups -OCH3 is 1. The number of nitrogens with zero attached hydrogens (tertiary/aromatic N) is 2. The molecule has 0 aliphatic heterocycles. The molecule has 3 aromatic rings. The highest BCUT2D eigenvalue weighted by Gasteiger charge is 2.16. The standard InChI is InChI=1S/C20H21N3O3/c1-3-23-17-7-5-4-6-16(17)19(24)18(22-23)20(25)21-13-12-14-8-10-15(26-2)11-9-14/h4-11H,3,12-13H2,1-2H3,(H,21,25). The van der Waals surface area contributed by atoms with E-state index in [0.717, 1.165) is 16.8 Å². The first-order chi connectivity index (χ1) is 12.6. The van der Waals surface area contributed by atoms with E-state index in [0.29, 0.717) is 24.9 Å². The molecule has 0 saturated carbocycles. The van der Waals surface area contributed by atoms with Gasteiger partial charge in [0, 0.05) is 18.5 Å². The van der Waals surface area contributed by atoms with Crippen molar-refractivity contribution < 1.29 is 9.53 Å². The first-order valence-corrected chi connectivity index (χ1v) is 8.55. The number of nitrogens with one attached hydrogen (secondary N) is 1. The number of fused-ring (bicyclic) bond motifs is 1. The molecular formula is C20H21N3O3. The van der Waals surface area contributed by atoms with Crippen LogP contribution in [0.3, 0.4) is 0 Å². The molecule has 0 saturated heterocycles. The molecule has 3 rings (SSSR count). The second kappa shape index (κ2) is 7.82. The number of para-hydroxylation sites is 1. The van der Waals surface area contributed by atoms with E-state index in [1.165, 1.54) is 0 Å². The number of carbonyl (C=O) groups excluding carboxylic acids is 1. The Labute approximate surface area is 151 Å². The molecule has 0 radical (unpaired) electrons. The zero-order valence-electron chi connectivity index (χ0n) is 14.9. The maximum Gasteiger partial charge on any atom is 0.275 e. The van der Waals surface area contributed by atoms with Gasteiger partial charge in [-0.15, -0.1) is 0 Å². The quantitative estimate of drug-likeness (QED) is 0.740. The molecule has 0 aliphatic carbocycles. The van der Waals surface area contributed by atoms with Crippen LogP contribution in [0.5, 0.6) is 5.75 Å². The van der Waals surface area contributed by atoms with Gasteiger partial charge >= 0.3 is 0 Å². The average Bonchev–Trinajstić information content (AvgIpc) is 2.69. The lowest BCUT2D eigenvalue weighted by Crippen LogP contribution is -2.33. The largest absolute Gasteiger partial charge is 0.497 e. The minimum absolute atomic E-state index is 0.0692. The van der Waals surface area contributed by atoms with Gasteiger partial charge in [-0.2, -0.15) is 5.10 Å². The third kappa shape index (κ3) is 3.59. The van der Waals surface area contributed by atoms with E-state index in [-0.39, 0.29) is 11.1 Å². The maximum atomic E-state index is 12.6. The first kappa shape index (κ1) is 17.7. The predicted molar refractivity (Wildman–Crippen MR) is 101 cm³/mol. The van der Waals surface area contributed by atoms with Gasteiger partial charge in [-0.1, -0.05) is 24.3 Å². The Hall–Kier alpha value is -3.15. The van der Waals surface area contributed by atoms with Crippen LogP contribution in [0.15, 0.2) is 53.3 Å². The van der Waals surface area contributed by atoms with Crippen LogP contribution >= 0.6 is 0 Å². The zero-order valence-corrected chi connectivity index (χ0v) is 14.9. The molecule has 1 heterocycles. The summed E-state index contributed by atoms with van der Waals surface area (Å²) in [5.41, 5.74) is 1.39. The number of carbonyl (C=O) groups is 1. The Morgan fingerprint density at radius 2 is 1.88 bits per heavy atom. The molecule has 134 valence electrons. The second-order valence-corrected chi connectivity index (χ2v) is 5.86. The SMILES string of the molecule is CCn1nc(C(=O)NCCc2ccc(OC)cc2)c(=O)c2ccccc21. The third-order valence-electron chi connectivity index (χ3n) is 4.24. The molecule has 26 heavy (non-hydrogen) atoms. The number of amides is 1. The van der Waals surface area contributed by atoms with Crippen molar-refractivity contribution in [1.29, 1.82) is 0 Å². The predicted octanol–water partition coefficient (Wildman–Crippen LogP) is 2.40. The number of benzene rings is 2. The molecule has 1 amide bonds. The van der Waals surface area contributed by atoms with Crippen molar-refractivity contribution in [1.82, 2.24) is 15.1 Å². The highest BCUT2D eigenvalue weighted by atomic mass is 16.5. The van der Waals surface area contributed by atoms with Gasteiger partial charge in [-0.3, -0.25) is 14.3 Å². The van der Waals surface area contributed by atoms with Crippen LogP contribution in [0.1, 0.15) is 23.0 Å². The molecule has 0 bridgehead atoms. The lowest BCUT2D eigenvalue weighted by atomic mass is 10.1. The monoisotopic (exact) mass is 351 g/mol. The van der Waals surface area contributed by atoms with Crippen LogP contribution in [0.2, 0.25) is 0 Å². The van der Waals surface area contributed by atoms with Crippen molar-refractivity contribution in [3.8, 4) is 5.75 Å². The van der Waals surface area contributed by atoms with Crippen LogP contribution < -0.4 is 15.5 Å². The molecule has 0 spiro atoms. The summed E-state index contributed by atoms with van der Waals surface area (Å²) in [7, 11) is 1.62. The first-order valence-electron chi connectivity index (χ1n) is 8.55. The molecule has 1 aromatic heterocycles. The number of hydrogen-bond donors (Lipinski definition) is 1. The van der Waals surface area contributed by atoms with Gasteiger partial charge in [-0.25, -0.2) is 0 Å². The van der Waals surface area contributed by atoms with E-state index < -0.39 is 5.91 Å². The van der Waals surface area contributed by atoms with E-state index in [1.54, 1.807) is 23.9 Å². The molecule has 0 aliphatic rings. The van der Waals surface area contributed by atoms with E-state index in [2.05, 4.69) is 10.4 Å². The Morgan fingerprint density at radius 3 is 2.58 bits per heavy atom. The van der Waals surface area contributed by atoms with Crippen LogP contribution in [0, 0.1) is 0 Å². The summed E-state index contributed by atoms with van der Waals surface area (Å²) in [6.07, 6.45) is 0.658. The minimum Gasteiger partial charge on any atom is -0.497 e. The number of aromatic nitrogens is 2. The highest BCUT2D eigenvalue weighted by molar-refractivity contribution is 5.95. The lowest BCUT2D eigenvalue weighted by Gasteiger charge is -2.10. The summed E-state index contributed by atoms with van der Waals surface area (Å²) < 4.78 is 6.80. The zero-order chi connectivity index (χ0) is 18.5. The highest BCUT2D eigenvalue weighted by Crippen LogP contribution is 2.12. The summed E-state index contributed by atoms with van der Waals surface area (Å²) in [6.45, 7) is 2.92. The summed E-state index contributed by atoms with van der Waals surface area (Å²) in [6, 6.07) is 14.8. The van der Waals surface area contributed by atoms with E-state index in [1.807, 2.05) is 43.3 Å². The van der Waals surface area contributed by atoms with Crippen LogP contribution in [0.25, 0.3) is 10.9 Å². The van der Waals surface area contributed by atoms with Gasteiger partial charge in [0.25, 0.3) is 5.91 Å². The Morgan fingerprint density at radius 1 is 1.15 bits per heavy atom. The summed E-state index contributed by atoms with van der Waals surface area (Å²) >= 11 is 0. The fourth-order valence-electron chi connectivity index (χ4n) is 2.82. The Bertz CT molecular complexity index is 978. The van der Waals surface area contributed by atoms with E-state index in [4.69, 9.17) is 4.74 Å². The van der Waals surface area contributed by atoms with Crippen molar-refractivity contribution >= 4 is 16.8 Å². The van der Waals surface area contributed by atoms with Gasteiger partial charge < -0.3 is 10.1 Å². The van der Waals surface area contributed by atoms with Gasteiger partial charge in [-0.05, 0) is 43.2 Å². The molecular weight excluding hydrogens is 330 g/mol. The fourth-order valence-corrected chi connectivity index (χ4v) is 2.82. The molecule has 6 heteroatoms. The van der Waals surface area contributed by atoms with Crippen LogP contribution in [-0.4, -0.2) is 29.3 Å². The van der Waals surface area contributed by atoms with Gasteiger partial charge in [0.15, 0.2) is 5.69 Å². The van der Waals surface area contributed by atoms with Crippen molar-refractivity contribution in [2.75, 3.05) is 13.7 Å². The van der Waals surface area contributed by atoms with E-state index in [9.17, 15) is 9.59 Å². The number of ether oxygens (including phenoxy) is 1. The van der Waals surface area contributed by atoms with Gasteiger partial charge in [0.05, 0.1) is 12.6 Å². The van der Waals surface area contributed by atoms with Crippen molar-refractivity contribution in [3.63, 3.8) is 0 Å². The smallest absolute Gasteiger partial charge is 0.275 e. The molecule has 1 N–H and O–H groups in total. The van der Waals surface area contributed by atoms with Crippen molar-refractivity contribution in [2.45, 2.75) is 19.9 Å². The van der Waals surface area contributed by atoms with Crippen molar-refractivity contribution in [2.24, 2.45) is 0 Å². The fraction of sp³-hybridized carbons (Fsp3) is 0.250. The minimum atomic E-state index is -0.448. The third-order valence-corrected chi connectivity index (χ3v) is 4.24. The van der Waals surface area contributed by atoms with Crippen LogP contribution in [0.4, 0.5) is 0 Å². The topological polar surface area (TPSA) is 73.2 Å². The summed E-state index contributed by atoms with van der Waals surface area (Å²) in [5.74, 6) is 0.342. The Balaban J connectivity index is 1.75. The number of hydrogen-bond acceptors (Lipinski definition) is 4. The normalized spacial score (nSPS) is 10.7. The molecule has 6 nitrogen and oxygen atoms in total. The number of rotatable bonds is 6. The van der Waals surface area contributed by atoms with Crippen molar-refractivity contribution in [3.05, 3.63) is 70.0 Å². The molecule has 2 aromatic carbocycles. The van der Waals surface area contributed by atoms with E-state index >= 15 is 0 Å². The molecule has 0 unspecified atom stereocenters. The van der Waals surface area contributed by atoms with Gasteiger partial charge in [0.1, 0.15) is 5.75 Å².